The number of halogens is 3. The fraction of sp³-hybridized carbons (Fsp3) is 0.647. The summed E-state index contributed by atoms with van der Waals surface area (Å²) < 4.78 is 41.9. The van der Waals surface area contributed by atoms with Gasteiger partial charge < -0.3 is 9.84 Å². The Balaban J connectivity index is 1.80. The van der Waals surface area contributed by atoms with Crippen LogP contribution in [0.3, 0.4) is 0 Å². The predicted octanol–water partition coefficient (Wildman–Crippen LogP) is 4.18. The number of nitrogens with one attached hydrogen (secondary N) is 1. The van der Waals surface area contributed by atoms with Crippen LogP contribution >= 0.6 is 0 Å². The second-order valence-corrected chi connectivity index (χ2v) is 6.12. The zero-order chi connectivity index (χ0) is 16.7. The van der Waals surface area contributed by atoms with Gasteiger partial charge >= 0.3 is 6.30 Å². The van der Waals surface area contributed by atoms with Gasteiger partial charge in [-0.1, -0.05) is 31.4 Å². The van der Waals surface area contributed by atoms with Crippen molar-refractivity contribution in [2.24, 2.45) is 5.92 Å². The Bertz CT molecular complexity index is 473. The molecule has 2 N–H and O–H groups in total. The Kier molecular flexibility index (Phi) is 6.72. The van der Waals surface area contributed by atoms with Crippen LogP contribution in [0.2, 0.25) is 0 Å². The number of aliphatic hydroxyl groups is 1. The minimum absolute atomic E-state index is 0.00834. The summed E-state index contributed by atoms with van der Waals surface area (Å²) in [5.41, 5.74) is 0.579. The molecule has 3 nitrogen and oxygen atoms in total. The lowest BCUT2D eigenvalue weighted by molar-refractivity contribution is -0.157. The maximum Gasteiger partial charge on any atom is 0.457 e. The lowest BCUT2D eigenvalue weighted by atomic mass is 9.90. The van der Waals surface area contributed by atoms with E-state index in [1.54, 1.807) is 18.2 Å². The minimum Gasteiger partial charge on any atom is -0.493 e. The summed E-state index contributed by atoms with van der Waals surface area (Å²) in [5, 5.41) is 11.4. The van der Waals surface area contributed by atoms with E-state index in [2.05, 4.69) is 0 Å². The fourth-order valence-electron chi connectivity index (χ4n) is 2.90. The van der Waals surface area contributed by atoms with E-state index in [1.807, 2.05) is 6.07 Å². The van der Waals surface area contributed by atoms with Crippen LogP contribution in [0, 0.1) is 5.92 Å². The van der Waals surface area contributed by atoms with Gasteiger partial charge in [0, 0.05) is 6.54 Å². The van der Waals surface area contributed by atoms with Gasteiger partial charge in [-0.3, -0.25) is 0 Å². The maximum atomic E-state index is 12.0. The van der Waals surface area contributed by atoms with Gasteiger partial charge in [-0.25, -0.2) is 5.32 Å². The van der Waals surface area contributed by atoms with Crippen molar-refractivity contribution in [3.05, 3.63) is 29.8 Å². The number of hydrogen-bond acceptors (Lipinski definition) is 3. The van der Waals surface area contributed by atoms with Crippen LogP contribution in [0.15, 0.2) is 24.3 Å². The summed E-state index contributed by atoms with van der Waals surface area (Å²) >= 11 is 0. The van der Waals surface area contributed by atoms with E-state index in [0.717, 1.165) is 0 Å². The van der Waals surface area contributed by atoms with Gasteiger partial charge in [0.2, 0.25) is 0 Å². The molecule has 1 aromatic carbocycles. The molecular weight excluding hydrogens is 307 g/mol. The quantitative estimate of drug-likeness (QED) is 0.737. The Labute approximate surface area is 134 Å². The molecule has 23 heavy (non-hydrogen) atoms. The van der Waals surface area contributed by atoms with Crippen LogP contribution in [-0.4, -0.2) is 24.6 Å². The van der Waals surface area contributed by atoms with Crippen molar-refractivity contribution < 1.29 is 23.0 Å². The van der Waals surface area contributed by atoms with E-state index in [-0.39, 0.29) is 13.0 Å². The molecule has 1 aromatic rings. The molecule has 1 atom stereocenters. The predicted molar refractivity (Wildman–Crippen MR) is 82.1 cm³/mol. The average molecular weight is 331 g/mol. The summed E-state index contributed by atoms with van der Waals surface area (Å²) in [6, 6.07) is 6.98. The third kappa shape index (κ3) is 6.79. The molecule has 0 saturated heterocycles. The van der Waals surface area contributed by atoms with Gasteiger partial charge in [-0.15, -0.1) is 0 Å². The Hall–Kier alpha value is -1.27. The molecule has 0 bridgehead atoms. The van der Waals surface area contributed by atoms with E-state index in [0.29, 0.717) is 23.8 Å². The van der Waals surface area contributed by atoms with Crippen LogP contribution in [-0.2, 0) is 0 Å². The summed E-state index contributed by atoms with van der Waals surface area (Å²) in [6.07, 6.45) is 0.804. The molecule has 1 fully saturated rings. The van der Waals surface area contributed by atoms with Crippen molar-refractivity contribution in [2.75, 3.05) is 13.2 Å². The van der Waals surface area contributed by atoms with Crippen molar-refractivity contribution in [2.45, 2.75) is 50.9 Å². The second-order valence-electron chi connectivity index (χ2n) is 6.12. The topological polar surface area (TPSA) is 41.5 Å². The van der Waals surface area contributed by atoms with Gasteiger partial charge in [-0.05, 0) is 42.9 Å². The van der Waals surface area contributed by atoms with Crippen molar-refractivity contribution in [1.29, 1.82) is 0 Å². The fourth-order valence-corrected chi connectivity index (χ4v) is 2.90. The minimum atomic E-state index is -4.41. The van der Waals surface area contributed by atoms with Crippen LogP contribution < -0.4 is 10.1 Å². The normalized spacial score (nSPS) is 17.9. The molecule has 0 aromatic heterocycles. The van der Waals surface area contributed by atoms with E-state index >= 15 is 0 Å². The second kappa shape index (κ2) is 8.55. The Morgan fingerprint density at radius 3 is 2.65 bits per heavy atom. The SMILES string of the molecule is O[C@H](CCNC(F)(F)F)c1cccc(OCC2CCCCC2)c1. The van der Waals surface area contributed by atoms with Crippen LogP contribution in [0.1, 0.15) is 50.2 Å². The smallest absolute Gasteiger partial charge is 0.457 e. The number of aliphatic hydroxyl groups excluding tert-OH is 1. The molecule has 1 aliphatic carbocycles. The highest BCUT2D eigenvalue weighted by molar-refractivity contribution is 5.29. The number of alkyl halides is 3. The third-order valence-electron chi connectivity index (χ3n) is 4.20. The van der Waals surface area contributed by atoms with E-state index < -0.39 is 12.4 Å². The summed E-state index contributed by atoms with van der Waals surface area (Å²) in [4.78, 5) is 0. The monoisotopic (exact) mass is 331 g/mol. The van der Waals surface area contributed by atoms with Gasteiger partial charge in [-0.2, -0.15) is 13.2 Å². The number of ether oxygens (including phenoxy) is 1. The van der Waals surface area contributed by atoms with Crippen molar-refractivity contribution in [1.82, 2.24) is 5.32 Å². The summed E-state index contributed by atoms with van der Waals surface area (Å²) in [6.45, 7) is 0.340. The van der Waals surface area contributed by atoms with Gasteiger partial charge in [0.15, 0.2) is 0 Å². The lowest BCUT2D eigenvalue weighted by Gasteiger charge is -2.22. The molecule has 130 valence electrons. The van der Waals surface area contributed by atoms with Gasteiger partial charge in [0.25, 0.3) is 0 Å². The van der Waals surface area contributed by atoms with E-state index in [4.69, 9.17) is 4.74 Å². The first-order valence-corrected chi connectivity index (χ1v) is 8.16. The molecule has 1 aliphatic rings. The highest BCUT2D eigenvalue weighted by atomic mass is 19.4. The summed E-state index contributed by atoms with van der Waals surface area (Å²) in [5.74, 6) is 1.24. The molecule has 0 unspecified atom stereocenters. The number of benzene rings is 1. The zero-order valence-electron chi connectivity index (χ0n) is 13.1. The highest BCUT2D eigenvalue weighted by Crippen LogP contribution is 2.26. The third-order valence-corrected chi connectivity index (χ3v) is 4.20. The molecule has 0 spiro atoms. The average Bonchev–Trinajstić information content (AvgIpc) is 2.53. The van der Waals surface area contributed by atoms with Crippen molar-refractivity contribution >= 4 is 0 Å². The first-order valence-electron chi connectivity index (χ1n) is 8.16. The zero-order valence-corrected chi connectivity index (χ0v) is 13.1. The molecular formula is C17H24F3NO2. The summed E-state index contributed by atoms with van der Waals surface area (Å²) in [7, 11) is 0. The Morgan fingerprint density at radius 1 is 1.22 bits per heavy atom. The van der Waals surface area contributed by atoms with Crippen molar-refractivity contribution in [3.8, 4) is 5.75 Å². The molecule has 1 saturated carbocycles. The van der Waals surface area contributed by atoms with Gasteiger partial charge in [0.1, 0.15) is 5.75 Å². The molecule has 2 rings (SSSR count). The van der Waals surface area contributed by atoms with Crippen LogP contribution in [0.25, 0.3) is 0 Å². The first-order chi connectivity index (χ1) is 10.9. The lowest BCUT2D eigenvalue weighted by Crippen LogP contribution is -2.32. The molecule has 0 aliphatic heterocycles. The molecule has 0 amide bonds. The van der Waals surface area contributed by atoms with Gasteiger partial charge in [0.05, 0.1) is 12.7 Å². The largest absolute Gasteiger partial charge is 0.493 e. The standard InChI is InChI=1S/C17H24F3NO2/c18-17(19,20)21-10-9-16(22)14-7-4-8-15(11-14)23-12-13-5-2-1-3-6-13/h4,7-8,11,13,16,21-22H,1-3,5-6,9-10,12H2/t16-/m1/s1. The number of hydrogen-bond donors (Lipinski definition) is 2. The maximum absolute atomic E-state index is 12.0. The molecule has 0 heterocycles. The Morgan fingerprint density at radius 2 is 1.96 bits per heavy atom. The van der Waals surface area contributed by atoms with E-state index in [1.165, 1.54) is 37.4 Å². The highest BCUT2D eigenvalue weighted by Gasteiger charge is 2.26. The number of rotatable bonds is 7. The van der Waals surface area contributed by atoms with E-state index in [9.17, 15) is 18.3 Å². The molecule has 6 heteroatoms. The first kappa shape index (κ1) is 18.1. The van der Waals surface area contributed by atoms with Crippen molar-refractivity contribution in [3.63, 3.8) is 0 Å². The van der Waals surface area contributed by atoms with Crippen LogP contribution in [0.4, 0.5) is 13.2 Å². The van der Waals surface area contributed by atoms with Crippen LogP contribution in [0.5, 0.6) is 5.75 Å². The molecule has 0 radical (unpaired) electrons.